The van der Waals surface area contributed by atoms with Crippen LogP contribution in [0.5, 0.6) is 0 Å². The predicted octanol–water partition coefficient (Wildman–Crippen LogP) is 1.25. The summed E-state index contributed by atoms with van der Waals surface area (Å²) in [5.41, 5.74) is 2.41. The molecular formula is C16H19NO3. The lowest BCUT2D eigenvalue weighted by molar-refractivity contribution is 0.0696. The zero-order chi connectivity index (χ0) is 14.4. The van der Waals surface area contributed by atoms with Crippen LogP contribution in [0.3, 0.4) is 0 Å². The van der Waals surface area contributed by atoms with E-state index in [1.165, 1.54) is 0 Å². The zero-order valence-corrected chi connectivity index (χ0v) is 11.6. The number of carbonyl (C=O) groups is 1. The third-order valence-electron chi connectivity index (χ3n) is 3.35. The first kappa shape index (κ1) is 14.6. The lowest BCUT2D eigenvalue weighted by Crippen LogP contribution is -2.38. The number of ether oxygens (including phenoxy) is 1. The molecule has 2 rings (SSSR count). The van der Waals surface area contributed by atoms with Crippen LogP contribution in [-0.2, 0) is 4.74 Å². The Morgan fingerprint density at radius 2 is 2.20 bits per heavy atom. The standard InChI is InChI=1S/C16H19NO3/c1-12-11-14(5-4-13(12)3-2-8-18)16(19)17-15-6-9-20-10-7-15/h4-5,11,15,18H,6-10H2,1H3,(H,17,19). The molecule has 2 N–H and O–H groups in total. The third-order valence-corrected chi connectivity index (χ3v) is 3.35. The Balaban J connectivity index is 2.04. The van der Waals surface area contributed by atoms with Crippen molar-refractivity contribution in [3.8, 4) is 11.8 Å². The number of hydrogen-bond acceptors (Lipinski definition) is 3. The lowest BCUT2D eigenvalue weighted by Gasteiger charge is -2.23. The average molecular weight is 273 g/mol. The van der Waals surface area contributed by atoms with Crippen LogP contribution in [0.15, 0.2) is 18.2 Å². The van der Waals surface area contributed by atoms with Crippen molar-refractivity contribution < 1.29 is 14.6 Å². The minimum absolute atomic E-state index is 0.0540. The molecule has 1 amide bonds. The van der Waals surface area contributed by atoms with Gasteiger partial charge in [0.15, 0.2) is 0 Å². The van der Waals surface area contributed by atoms with Gasteiger partial charge in [0.25, 0.3) is 5.91 Å². The third kappa shape index (κ3) is 3.83. The van der Waals surface area contributed by atoms with Gasteiger partial charge in [-0.05, 0) is 43.5 Å². The molecule has 1 heterocycles. The summed E-state index contributed by atoms with van der Waals surface area (Å²) in [5.74, 6) is 5.42. The van der Waals surface area contributed by atoms with Crippen LogP contribution in [0.4, 0.5) is 0 Å². The summed E-state index contributed by atoms with van der Waals surface area (Å²) in [5, 5.41) is 11.7. The molecule has 0 bridgehead atoms. The number of aliphatic hydroxyl groups is 1. The monoisotopic (exact) mass is 273 g/mol. The predicted molar refractivity (Wildman–Crippen MR) is 76.5 cm³/mol. The molecule has 1 aromatic rings. The van der Waals surface area contributed by atoms with Crippen molar-refractivity contribution in [2.45, 2.75) is 25.8 Å². The Bertz CT molecular complexity index is 536. The average Bonchev–Trinajstić information content (AvgIpc) is 2.47. The van der Waals surface area contributed by atoms with Gasteiger partial charge >= 0.3 is 0 Å². The molecule has 0 saturated carbocycles. The van der Waals surface area contributed by atoms with E-state index in [2.05, 4.69) is 17.2 Å². The van der Waals surface area contributed by atoms with E-state index < -0.39 is 0 Å². The molecule has 106 valence electrons. The second-order valence-electron chi connectivity index (χ2n) is 4.85. The molecule has 0 aliphatic carbocycles. The fourth-order valence-corrected chi connectivity index (χ4v) is 2.19. The molecule has 1 aliphatic heterocycles. The summed E-state index contributed by atoms with van der Waals surface area (Å²) in [4.78, 5) is 12.2. The van der Waals surface area contributed by atoms with Crippen LogP contribution in [-0.4, -0.2) is 36.9 Å². The van der Waals surface area contributed by atoms with Crippen molar-refractivity contribution in [3.05, 3.63) is 34.9 Å². The number of benzene rings is 1. The van der Waals surface area contributed by atoms with Gasteiger partial charge in [0.2, 0.25) is 0 Å². The van der Waals surface area contributed by atoms with Crippen molar-refractivity contribution in [1.82, 2.24) is 5.32 Å². The number of aliphatic hydroxyl groups excluding tert-OH is 1. The van der Waals surface area contributed by atoms with Gasteiger partial charge in [-0.25, -0.2) is 0 Å². The Hall–Kier alpha value is -1.83. The minimum atomic E-state index is -0.161. The van der Waals surface area contributed by atoms with E-state index in [-0.39, 0.29) is 18.6 Å². The summed E-state index contributed by atoms with van der Waals surface area (Å²) in [6.45, 7) is 3.16. The lowest BCUT2D eigenvalue weighted by atomic mass is 10.0. The molecule has 0 radical (unpaired) electrons. The normalized spacial score (nSPS) is 15.3. The Labute approximate surface area is 119 Å². The SMILES string of the molecule is Cc1cc(C(=O)NC2CCOCC2)ccc1C#CCO. The first-order chi connectivity index (χ1) is 9.70. The number of amides is 1. The van der Waals surface area contributed by atoms with E-state index in [4.69, 9.17) is 9.84 Å². The molecule has 0 aromatic heterocycles. The van der Waals surface area contributed by atoms with Crippen LogP contribution >= 0.6 is 0 Å². The molecule has 1 aromatic carbocycles. The van der Waals surface area contributed by atoms with Gasteiger partial charge < -0.3 is 15.2 Å². The molecule has 1 fully saturated rings. The van der Waals surface area contributed by atoms with Crippen LogP contribution in [0.2, 0.25) is 0 Å². The molecule has 0 spiro atoms. The van der Waals surface area contributed by atoms with Gasteiger partial charge in [-0.3, -0.25) is 4.79 Å². The molecule has 4 nitrogen and oxygen atoms in total. The summed E-state index contributed by atoms with van der Waals surface area (Å²) in [6.07, 6.45) is 1.73. The number of carbonyl (C=O) groups excluding carboxylic acids is 1. The van der Waals surface area contributed by atoms with E-state index >= 15 is 0 Å². The number of hydrogen-bond donors (Lipinski definition) is 2. The fourth-order valence-electron chi connectivity index (χ4n) is 2.19. The number of rotatable bonds is 2. The molecule has 20 heavy (non-hydrogen) atoms. The van der Waals surface area contributed by atoms with Crippen LogP contribution < -0.4 is 5.32 Å². The Kier molecular flexibility index (Phi) is 5.16. The van der Waals surface area contributed by atoms with Gasteiger partial charge in [0, 0.05) is 30.4 Å². The van der Waals surface area contributed by atoms with E-state index in [0.717, 1.165) is 24.0 Å². The van der Waals surface area contributed by atoms with E-state index in [1.54, 1.807) is 6.07 Å². The highest BCUT2D eigenvalue weighted by Crippen LogP contribution is 2.12. The maximum Gasteiger partial charge on any atom is 0.251 e. The highest BCUT2D eigenvalue weighted by atomic mass is 16.5. The maximum atomic E-state index is 12.2. The summed E-state index contributed by atoms with van der Waals surface area (Å²) in [6, 6.07) is 5.61. The Morgan fingerprint density at radius 1 is 1.45 bits per heavy atom. The van der Waals surface area contributed by atoms with Gasteiger partial charge in [-0.15, -0.1) is 0 Å². The zero-order valence-electron chi connectivity index (χ0n) is 11.6. The second kappa shape index (κ2) is 7.09. The smallest absolute Gasteiger partial charge is 0.251 e. The molecule has 1 aliphatic rings. The number of aryl methyl sites for hydroxylation is 1. The largest absolute Gasteiger partial charge is 0.384 e. The molecule has 1 saturated heterocycles. The molecule has 0 unspecified atom stereocenters. The van der Waals surface area contributed by atoms with Crippen LogP contribution in [0.1, 0.15) is 34.3 Å². The highest BCUT2D eigenvalue weighted by molar-refractivity contribution is 5.94. The summed E-state index contributed by atoms with van der Waals surface area (Å²) < 4.78 is 5.27. The van der Waals surface area contributed by atoms with E-state index in [9.17, 15) is 4.79 Å². The maximum absolute atomic E-state index is 12.2. The number of nitrogens with one attached hydrogen (secondary N) is 1. The van der Waals surface area contributed by atoms with Crippen molar-refractivity contribution in [1.29, 1.82) is 0 Å². The topological polar surface area (TPSA) is 58.6 Å². The van der Waals surface area contributed by atoms with Crippen molar-refractivity contribution >= 4 is 5.91 Å². The summed E-state index contributed by atoms with van der Waals surface area (Å²) in [7, 11) is 0. The van der Waals surface area contributed by atoms with Gasteiger partial charge in [-0.2, -0.15) is 0 Å². The van der Waals surface area contributed by atoms with Gasteiger partial charge in [-0.1, -0.05) is 11.8 Å². The van der Waals surface area contributed by atoms with E-state index in [1.807, 2.05) is 19.1 Å². The van der Waals surface area contributed by atoms with Crippen LogP contribution in [0, 0.1) is 18.8 Å². The first-order valence-electron chi connectivity index (χ1n) is 6.79. The molecular weight excluding hydrogens is 254 g/mol. The van der Waals surface area contributed by atoms with Crippen molar-refractivity contribution in [2.24, 2.45) is 0 Å². The Morgan fingerprint density at radius 3 is 2.85 bits per heavy atom. The fraction of sp³-hybridized carbons (Fsp3) is 0.438. The second-order valence-corrected chi connectivity index (χ2v) is 4.85. The van der Waals surface area contributed by atoms with Crippen LogP contribution in [0.25, 0.3) is 0 Å². The highest BCUT2D eigenvalue weighted by Gasteiger charge is 2.17. The quantitative estimate of drug-likeness (QED) is 0.797. The molecule has 4 heteroatoms. The van der Waals surface area contributed by atoms with Crippen molar-refractivity contribution in [3.63, 3.8) is 0 Å². The van der Waals surface area contributed by atoms with Gasteiger partial charge in [0.1, 0.15) is 6.61 Å². The minimum Gasteiger partial charge on any atom is -0.384 e. The summed E-state index contributed by atoms with van der Waals surface area (Å²) >= 11 is 0. The molecule has 0 atom stereocenters. The van der Waals surface area contributed by atoms with E-state index in [0.29, 0.717) is 18.8 Å². The van der Waals surface area contributed by atoms with Crippen molar-refractivity contribution in [2.75, 3.05) is 19.8 Å². The van der Waals surface area contributed by atoms with Gasteiger partial charge in [0.05, 0.1) is 0 Å². The first-order valence-corrected chi connectivity index (χ1v) is 6.79.